The van der Waals surface area contributed by atoms with Crippen LogP contribution in [0.1, 0.15) is 39.5 Å². The molecule has 0 amide bonds. The lowest BCUT2D eigenvalue weighted by atomic mass is 10.1. The van der Waals surface area contributed by atoms with Crippen molar-refractivity contribution < 1.29 is 4.74 Å². The predicted octanol–water partition coefficient (Wildman–Crippen LogP) is 1.88. The summed E-state index contributed by atoms with van der Waals surface area (Å²) in [6.07, 6.45) is 4.95. The van der Waals surface area contributed by atoms with Crippen LogP contribution >= 0.6 is 0 Å². The molecule has 16 heavy (non-hydrogen) atoms. The Hall–Kier alpha value is -0.120. The van der Waals surface area contributed by atoms with E-state index in [4.69, 9.17) is 4.74 Å². The van der Waals surface area contributed by atoms with Crippen LogP contribution in [0, 0.1) is 0 Å². The zero-order chi connectivity index (χ0) is 11.6. The number of ether oxygens (including phenoxy) is 1. The fraction of sp³-hybridized carbons (Fsp3) is 1.00. The summed E-state index contributed by atoms with van der Waals surface area (Å²) < 4.78 is 5.46. The molecule has 1 atom stereocenters. The van der Waals surface area contributed by atoms with Crippen molar-refractivity contribution in [2.24, 2.45) is 0 Å². The molecule has 1 saturated heterocycles. The van der Waals surface area contributed by atoms with Crippen molar-refractivity contribution in [1.29, 1.82) is 0 Å². The van der Waals surface area contributed by atoms with Gasteiger partial charge >= 0.3 is 0 Å². The van der Waals surface area contributed by atoms with Gasteiger partial charge in [0.25, 0.3) is 0 Å². The maximum Gasteiger partial charge on any atom is 0.0480 e. The van der Waals surface area contributed by atoms with Crippen molar-refractivity contribution in [1.82, 2.24) is 10.2 Å². The topological polar surface area (TPSA) is 24.5 Å². The molecule has 1 unspecified atom stereocenters. The van der Waals surface area contributed by atoms with Crippen LogP contribution in [0.5, 0.6) is 0 Å². The van der Waals surface area contributed by atoms with Gasteiger partial charge in [-0.3, -0.25) is 0 Å². The molecule has 0 aromatic rings. The Morgan fingerprint density at radius 1 is 1.19 bits per heavy atom. The van der Waals surface area contributed by atoms with Gasteiger partial charge in [0.2, 0.25) is 0 Å². The minimum absolute atomic E-state index is 0.694. The maximum atomic E-state index is 5.46. The van der Waals surface area contributed by atoms with Gasteiger partial charge in [0.15, 0.2) is 0 Å². The van der Waals surface area contributed by atoms with E-state index < -0.39 is 0 Å². The Morgan fingerprint density at radius 2 is 2.00 bits per heavy atom. The largest absolute Gasteiger partial charge is 0.381 e. The summed E-state index contributed by atoms with van der Waals surface area (Å²) in [6.45, 7) is 11.1. The first kappa shape index (κ1) is 13.9. The van der Waals surface area contributed by atoms with Crippen LogP contribution in [-0.4, -0.2) is 50.3 Å². The first-order valence-electron chi connectivity index (χ1n) is 6.90. The van der Waals surface area contributed by atoms with Gasteiger partial charge in [0.05, 0.1) is 0 Å². The van der Waals surface area contributed by atoms with Gasteiger partial charge in [-0.15, -0.1) is 0 Å². The second kappa shape index (κ2) is 8.97. The van der Waals surface area contributed by atoms with E-state index in [9.17, 15) is 0 Å². The van der Waals surface area contributed by atoms with E-state index in [1.807, 2.05) is 0 Å². The molecule has 0 aromatic heterocycles. The van der Waals surface area contributed by atoms with Gasteiger partial charge in [0, 0.05) is 19.3 Å². The zero-order valence-electron chi connectivity index (χ0n) is 11.0. The summed E-state index contributed by atoms with van der Waals surface area (Å²) in [7, 11) is 0. The van der Waals surface area contributed by atoms with E-state index in [0.29, 0.717) is 6.04 Å². The number of nitrogens with zero attached hydrogens (tertiary/aromatic N) is 1. The minimum atomic E-state index is 0.694. The van der Waals surface area contributed by atoms with Crippen molar-refractivity contribution in [2.45, 2.75) is 45.6 Å². The first-order chi connectivity index (χ1) is 7.86. The van der Waals surface area contributed by atoms with Crippen LogP contribution in [-0.2, 0) is 4.74 Å². The van der Waals surface area contributed by atoms with Gasteiger partial charge in [0.1, 0.15) is 0 Å². The molecule has 1 rings (SSSR count). The number of rotatable bonds is 7. The van der Waals surface area contributed by atoms with E-state index in [1.54, 1.807) is 0 Å². The summed E-state index contributed by atoms with van der Waals surface area (Å²) in [4.78, 5) is 2.48. The van der Waals surface area contributed by atoms with E-state index in [0.717, 1.165) is 19.8 Å². The molecule has 1 aliphatic rings. The van der Waals surface area contributed by atoms with Crippen LogP contribution in [0.15, 0.2) is 0 Å². The van der Waals surface area contributed by atoms with Crippen molar-refractivity contribution in [3.8, 4) is 0 Å². The normalized spacial score (nSPS) is 22.3. The Kier molecular flexibility index (Phi) is 7.81. The van der Waals surface area contributed by atoms with Crippen molar-refractivity contribution in [3.63, 3.8) is 0 Å². The van der Waals surface area contributed by atoms with E-state index in [2.05, 4.69) is 24.1 Å². The average Bonchev–Trinajstić information content (AvgIpc) is 2.58. The van der Waals surface area contributed by atoms with E-state index in [1.165, 1.54) is 45.3 Å². The highest BCUT2D eigenvalue weighted by atomic mass is 16.5. The lowest BCUT2D eigenvalue weighted by molar-refractivity contribution is 0.142. The summed E-state index contributed by atoms with van der Waals surface area (Å²) in [6, 6.07) is 0.694. The molecule has 96 valence electrons. The molecular formula is C13H28N2O. The molecule has 0 aliphatic carbocycles. The van der Waals surface area contributed by atoms with Crippen LogP contribution in [0.4, 0.5) is 0 Å². The van der Waals surface area contributed by atoms with Gasteiger partial charge < -0.3 is 15.0 Å². The Balaban J connectivity index is 2.00. The monoisotopic (exact) mass is 228 g/mol. The molecular weight excluding hydrogens is 200 g/mol. The third-order valence-corrected chi connectivity index (χ3v) is 3.43. The Bertz CT molecular complexity index is 152. The molecule has 0 bridgehead atoms. The standard InChI is InChI=1S/C13H28N2O/c1-3-15(4-2)10-6-9-14-13-7-5-11-16-12-8-13/h13-14H,3-12H2,1-2H3. The average molecular weight is 228 g/mol. The van der Waals surface area contributed by atoms with Crippen LogP contribution in [0.3, 0.4) is 0 Å². The molecule has 1 heterocycles. The molecule has 0 spiro atoms. The third-order valence-electron chi connectivity index (χ3n) is 3.43. The van der Waals surface area contributed by atoms with Gasteiger partial charge in [-0.05, 0) is 51.9 Å². The van der Waals surface area contributed by atoms with Gasteiger partial charge in [-0.25, -0.2) is 0 Å². The summed E-state index contributed by atoms with van der Waals surface area (Å²) in [5.74, 6) is 0. The van der Waals surface area contributed by atoms with Gasteiger partial charge in [-0.2, -0.15) is 0 Å². The highest BCUT2D eigenvalue weighted by molar-refractivity contribution is 4.69. The molecule has 1 fully saturated rings. The molecule has 0 saturated carbocycles. The van der Waals surface area contributed by atoms with E-state index >= 15 is 0 Å². The van der Waals surface area contributed by atoms with Crippen LogP contribution in [0.2, 0.25) is 0 Å². The second-order valence-corrected chi connectivity index (χ2v) is 4.57. The Labute approximate surface area is 101 Å². The zero-order valence-corrected chi connectivity index (χ0v) is 11.0. The SMILES string of the molecule is CCN(CC)CCCNC1CCCOCC1. The van der Waals surface area contributed by atoms with Crippen LogP contribution in [0.25, 0.3) is 0 Å². The molecule has 1 N–H and O–H groups in total. The number of hydrogen-bond acceptors (Lipinski definition) is 3. The molecule has 3 nitrogen and oxygen atoms in total. The molecule has 3 heteroatoms. The summed E-state index contributed by atoms with van der Waals surface area (Å²) in [5, 5.41) is 3.66. The summed E-state index contributed by atoms with van der Waals surface area (Å²) >= 11 is 0. The molecule has 0 aromatic carbocycles. The lowest BCUT2D eigenvalue weighted by Crippen LogP contribution is -2.33. The fourth-order valence-electron chi connectivity index (χ4n) is 2.26. The predicted molar refractivity (Wildman–Crippen MR) is 68.9 cm³/mol. The highest BCUT2D eigenvalue weighted by Crippen LogP contribution is 2.07. The minimum Gasteiger partial charge on any atom is -0.381 e. The second-order valence-electron chi connectivity index (χ2n) is 4.57. The van der Waals surface area contributed by atoms with Crippen molar-refractivity contribution in [2.75, 3.05) is 39.4 Å². The molecule has 0 radical (unpaired) electrons. The number of hydrogen-bond donors (Lipinski definition) is 1. The summed E-state index contributed by atoms with van der Waals surface area (Å²) in [5.41, 5.74) is 0. The van der Waals surface area contributed by atoms with Crippen molar-refractivity contribution >= 4 is 0 Å². The first-order valence-corrected chi connectivity index (χ1v) is 6.90. The lowest BCUT2D eigenvalue weighted by Gasteiger charge is -2.20. The maximum absolute atomic E-state index is 5.46. The smallest absolute Gasteiger partial charge is 0.0480 e. The third kappa shape index (κ3) is 5.83. The van der Waals surface area contributed by atoms with Crippen molar-refractivity contribution in [3.05, 3.63) is 0 Å². The molecule has 1 aliphatic heterocycles. The van der Waals surface area contributed by atoms with Crippen LogP contribution < -0.4 is 5.32 Å². The quantitative estimate of drug-likeness (QED) is 0.673. The van der Waals surface area contributed by atoms with Gasteiger partial charge in [-0.1, -0.05) is 13.8 Å². The number of nitrogens with one attached hydrogen (secondary N) is 1. The van der Waals surface area contributed by atoms with E-state index in [-0.39, 0.29) is 0 Å². The fourth-order valence-corrected chi connectivity index (χ4v) is 2.26. The Morgan fingerprint density at radius 3 is 2.75 bits per heavy atom. The highest BCUT2D eigenvalue weighted by Gasteiger charge is 2.11.